The van der Waals surface area contributed by atoms with Crippen LogP contribution in [-0.2, 0) is 11.2 Å². The van der Waals surface area contributed by atoms with Crippen molar-refractivity contribution in [2.75, 3.05) is 27.3 Å². The highest BCUT2D eigenvalue weighted by atomic mass is 16.5. The predicted octanol–water partition coefficient (Wildman–Crippen LogP) is 4.53. The van der Waals surface area contributed by atoms with Gasteiger partial charge in [0, 0.05) is 24.0 Å². The monoisotopic (exact) mass is 367 g/mol. The zero-order valence-corrected chi connectivity index (χ0v) is 16.2. The Kier molecular flexibility index (Phi) is 5.69. The van der Waals surface area contributed by atoms with Gasteiger partial charge >= 0.3 is 0 Å². The molecule has 2 aromatic carbocycles. The number of benzene rings is 2. The highest BCUT2D eigenvalue weighted by molar-refractivity contribution is 5.86. The molecule has 1 aromatic heterocycles. The van der Waals surface area contributed by atoms with Crippen LogP contribution < -0.4 is 9.47 Å². The molecule has 3 rings (SSSR count). The molecule has 0 atom stereocenters. The Morgan fingerprint density at radius 1 is 0.963 bits per heavy atom. The molecule has 27 heavy (non-hydrogen) atoms. The summed E-state index contributed by atoms with van der Waals surface area (Å²) in [6.07, 6.45) is 0.397. The van der Waals surface area contributed by atoms with Gasteiger partial charge in [-0.2, -0.15) is 0 Å². The smallest absolute Gasteiger partial charge is 0.226 e. The summed E-state index contributed by atoms with van der Waals surface area (Å²) in [6.45, 7) is 5.45. The Morgan fingerprint density at radius 3 is 2.37 bits per heavy atom. The maximum absolute atomic E-state index is 12.3. The van der Waals surface area contributed by atoms with E-state index in [0.717, 1.165) is 40.9 Å². The second kappa shape index (κ2) is 8.16. The number of furan rings is 1. The molecule has 0 spiro atoms. The van der Waals surface area contributed by atoms with E-state index < -0.39 is 0 Å². The summed E-state index contributed by atoms with van der Waals surface area (Å²) < 4.78 is 16.6. The van der Waals surface area contributed by atoms with Crippen molar-refractivity contribution in [3.05, 3.63) is 48.0 Å². The number of hydrogen-bond acceptors (Lipinski definition) is 4. The van der Waals surface area contributed by atoms with Gasteiger partial charge in [0.2, 0.25) is 5.91 Å². The first-order valence-corrected chi connectivity index (χ1v) is 9.12. The van der Waals surface area contributed by atoms with Gasteiger partial charge in [0.15, 0.2) is 11.5 Å². The molecule has 3 aromatic rings. The van der Waals surface area contributed by atoms with Crippen molar-refractivity contribution in [1.82, 2.24) is 4.90 Å². The lowest BCUT2D eigenvalue weighted by atomic mass is 10.1. The number of amides is 1. The summed E-state index contributed by atoms with van der Waals surface area (Å²) in [5, 5.41) is 0.977. The van der Waals surface area contributed by atoms with Crippen LogP contribution in [-0.4, -0.2) is 38.1 Å². The minimum atomic E-state index is 0.142. The van der Waals surface area contributed by atoms with Crippen molar-refractivity contribution < 1.29 is 18.7 Å². The molecule has 0 aliphatic heterocycles. The minimum absolute atomic E-state index is 0.142. The van der Waals surface area contributed by atoms with Crippen LogP contribution in [0.25, 0.3) is 22.3 Å². The van der Waals surface area contributed by atoms with Crippen molar-refractivity contribution in [3.63, 3.8) is 0 Å². The van der Waals surface area contributed by atoms with Gasteiger partial charge in [-0.3, -0.25) is 4.79 Å². The van der Waals surface area contributed by atoms with E-state index in [-0.39, 0.29) is 5.91 Å². The fraction of sp³-hybridized carbons (Fsp3) is 0.318. The number of rotatable bonds is 7. The lowest BCUT2D eigenvalue weighted by Gasteiger charge is -2.18. The lowest BCUT2D eigenvalue weighted by Crippen LogP contribution is -2.31. The van der Waals surface area contributed by atoms with Crippen LogP contribution in [0.2, 0.25) is 0 Å². The Hall–Kier alpha value is -2.95. The summed E-state index contributed by atoms with van der Waals surface area (Å²) in [7, 11) is 3.22. The molecule has 0 radical (unpaired) electrons. The zero-order valence-electron chi connectivity index (χ0n) is 16.2. The number of hydrogen-bond donors (Lipinski definition) is 0. The number of likely N-dealkylation sites (N-methyl/N-ethyl adjacent to an activating group) is 1. The van der Waals surface area contributed by atoms with Gasteiger partial charge in [-0.1, -0.05) is 6.07 Å². The standard InChI is InChI=1S/C22H25NO4/c1-5-23(6-2)22(24)12-15-7-9-18-17(11-15)14-20(27-18)16-8-10-19(25-3)21(13-16)26-4/h7-11,13-14H,5-6,12H2,1-4H3. The lowest BCUT2D eigenvalue weighted by molar-refractivity contribution is -0.130. The van der Waals surface area contributed by atoms with E-state index in [1.165, 1.54) is 0 Å². The molecular formula is C22H25NO4. The number of methoxy groups -OCH3 is 2. The van der Waals surface area contributed by atoms with Gasteiger partial charge in [-0.15, -0.1) is 0 Å². The third kappa shape index (κ3) is 3.92. The average Bonchev–Trinajstić information content (AvgIpc) is 3.11. The van der Waals surface area contributed by atoms with E-state index in [9.17, 15) is 4.79 Å². The second-order valence-electron chi connectivity index (χ2n) is 6.30. The van der Waals surface area contributed by atoms with Crippen molar-refractivity contribution >= 4 is 16.9 Å². The van der Waals surface area contributed by atoms with Crippen LogP contribution in [0.5, 0.6) is 11.5 Å². The van der Waals surface area contributed by atoms with Crippen molar-refractivity contribution in [2.45, 2.75) is 20.3 Å². The van der Waals surface area contributed by atoms with Crippen molar-refractivity contribution in [2.24, 2.45) is 0 Å². The molecule has 5 heteroatoms. The highest BCUT2D eigenvalue weighted by Crippen LogP contribution is 2.35. The molecule has 1 amide bonds. The number of nitrogens with zero attached hydrogens (tertiary/aromatic N) is 1. The van der Waals surface area contributed by atoms with Gasteiger partial charge < -0.3 is 18.8 Å². The maximum atomic E-state index is 12.3. The van der Waals surface area contributed by atoms with E-state index in [2.05, 4.69) is 0 Å². The Balaban J connectivity index is 1.89. The zero-order chi connectivity index (χ0) is 19.4. The third-order valence-corrected chi connectivity index (χ3v) is 4.72. The molecule has 0 saturated heterocycles. The molecule has 142 valence electrons. The van der Waals surface area contributed by atoms with Crippen LogP contribution >= 0.6 is 0 Å². The molecule has 0 bridgehead atoms. The Bertz CT molecular complexity index is 941. The molecule has 5 nitrogen and oxygen atoms in total. The minimum Gasteiger partial charge on any atom is -0.493 e. The van der Waals surface area contributed by atoms with E-state index in [1.807, 2.05) is 61.2 Å². The molecule has 1 heterocycles. The fourth-order valence-corrected chi connectivity index (χ4v) is 3.20. The quantitative estimate of drug-likeness (QED) is 0.616. The SMILES string of the molecule is CCN(CC)C(=O)Cc1ccc2oc(-c3ccc(OC)c(OC)c3)cc2c1. The highest BCUT2D eigenvalue weighted by Gasteiger charge is 2.13. The first-order chi connectivity index (χ1) is 13.1. The summed E-state index contributed by atoms with van der Waals surface area (Å²) >= 11 is 0. The van der Waals surface area contributed by atoms with Gasteiger partial charge in [0.05, 0.1) is 20.6 Å². The first-order valence-electron chi connectivity index (χ1n) is 9.12. The van der Waals surface area contributed by atoms with Gasteiger partial charge in [0.1, 0.15) is 11.3 Å². The number of carbonyl (C=O) groups excluding carboxylic acids is 1. The van der Waals surface area contributed by atoms with Crippen LogP contribution in [0.15, 0.2) is 46.9 Å². The molecule has 0 N–H and O–H groups in total. The van der Waals surface area contributed by atoms with Crippen molar-refractivity contribution in [3.8, 4) is 22.8 Å². The van der Waals surface area contributed by atoms with E-state index >= 15 is 0 Å². The van der Waals surface area contributed by atoms with Crippen LogP contribution in [0, 0.1) is 0 Å². The Labute approximate surface area is 159 Å². The molecular weight excluding hydrogens is 342 g/mol. The second-order valence-corrected chi connectivity index (χ2v) is 6.30. The number of ether oxygens (including phenoxy) is 2. The molecule has 0 aliphatic rings. The predicted molar refractivity (Wildman–Crippen MR) is 106 cm³/mol. The summed E-state index contributed by atoms with van der Waals surface area (Å²) in [5.74, 6) is 2.22. The first kappa shape index (κ1) is 18.8. The topological polar surface area (TPSA) is 51.9 Å². The van der Waals surface area contributed by atoms with Gasteiger partial charge in [-0.25, -0.2) is 0 Å². The number of carbonyl (C=O) groups is 1. The molecule has 0 saturated carbocycles. The van der Waals surface area contributed by atoms with E-state index in [0.29, 0.717) is 17.9 Å². The van der Waals surface area contributed by atoms with Gasteiger partial charge in [-0.05, 0) is 55.8 Å². The third-order valence-electron chi connectivity index (χ3n) is 4.72. The maximum Gasteiger partial charge on any atom is 0.226 e. The van der Waals surface area contributed by atoms with Crippen LogP contribution in [0.1, 0.15) is 19.4 Å². The largest absolute Gasteiger partial charge is 0.493 e. The Morgan fingerprint density at radius 2 is 1.70 bits per heavy atom. The summed E-state index contributed by atoms with van der Waals surface area (Å²) in [6, 6.07) is 13.6. The normalized spacial score (nSPS) is 10.8. The molecule has 0 unspecified atom stereocenters. The van der Waals surface area contributed by atoms with Gasteiger partial charge in [0.25, 0.3) is 0 Å². The molecule has 0 aliphatic carbocycles. The molecule has 0 fully saturated rings. The summed E-state index contributed by atoms with van der Waals surface area (Å²) in [5.41, 5.74) is 2.68. The average molecular weight is 367 g/mol. The van der Waals surface area contributed by atoms with E-state index in [4.69, 9.17) is 13.9 Å². The van der Waals surface area contributed by atoms with Crippen LogP contribution in [0.4, 0.5) is 0 Å². The van der Waals surface area contributed by atoms with Crippen LogP contribution in [0.3, 0.4) is 0 Å². The van der Waals surface area contributed by atoms with Crippen molar-refractivity contribution in [1.29, 1.82) is 0 Å². The van der Waals surface area contributed by atoms with E-state index in [1.54, 1.807) is 14.2 Å². The summed E-state index contributed by atoms with van der Waals surface area (Å²) in [4.78, 5) is 14.2. The number of fused-ring (bicyclic) bond motifs is 1. The fourth-order valence-electron chi connectivity index (χ4n) is 3.20.